The SMILES string of the molecule is CCOC(=O)Cc1cnc(C(F)F)c(OC(F)(F)F)c1OC. The highest BCUT2D eigenvalue weighted by Crippen LogP contribution is 2.41. The Morgan fingerprint density at radius 3 is 2.41 bits per heavy atom. The maximum Gasteiger partial charge on any atom is 0.573 e. The van der Waals surface area contributed by atoms with Crippen LogP contribution in [0.1, 0.15) is 24.6 Å². The van der Waals surface area contributed by atoms with Crippen LogP contribution in [0.5, 0.6) is 11.5 Å². The van der Waals surface area contributed by atoms with E-state index >= 15 is 0 Å². The van der Waals surface area contributed by atoms with Crippen LogP contribution in [0.2, 0.25) is 0 Å². The van der Waals surface area contributed by atoms with Crippen LogP contribution in [0.15, 0.2) is 6.20 Å². The lowest BCUT2D eigenvalue weighted by Crippen LogP contribution is -2.20. The Morgan fingerprint density at radius 2 is 1.95 bits per heavy atom. The molecule has 1 aromatic heterocycles. The molecule has 0 N–H and O–H groups in total. The Hall–Kier alpha value is -2.13. The van der Waals surface area contributed by atoms with Gasteiger partial charge in [0.15, 0.2) is 17.2 Å². The van der Waals surface area contributed by atoms with Crippen LogP contribution in [0.3, 0.4) is 0 Å². The lowest BCUT2D eigenvalue weighted by Gasteiger charge is -2.17. The van der Waals surface area contributed by atoms with E-state index in [4.69, 9.17) is 0 Å². The smallest absolute Gasteiger partial charge is 0.492 e. The molecule has 0 saturated heterocycles. The molecule has 1 aromatic rings. The number of rotatable bonds is 6. The topological polar surface area (TPSA) is 57.7 Å². The second kappa shape index (κ2) is 7.23. The Kier molecular flexibility index (Phi) is 5.89. The summed E-state index contributed by atoms with van der Waals surface area (Å²) >= 11 is 0. The highest BCUT2D eigenvalue weighted by molar-refractivity contribution is 5.74. The summed E-state index contributed by atoms with van der Waals surface area (Å²) in [5, 5.41) is 0. The average Bonchev–Trinajstić information content (AvgIpc) is 2.37. The molecule has 0 aliphatic carbocycles. The molecule has 10 heteroatoms. The minimum atomic E-state index is -5.22. The number of hydrogen-bond donors (Lipinski definition) is 0. The fourth-order valence-corrected chi connectivity index (χ4v) is 1.61. The molecule has 1 heterocycles. The van der Waals surface area contributed by atoms with Crippen LogP contribution in [0.25, 0.3) is 0 Å². The van der Waals surface area contributed by atoms with Crippen molar-refractivity contribution in [1.29, 1.82) is 0 Å². The molecule has 0 aromatic carbocycles. The van der Waals surface area contributed by atoms with Crippen molar-refractivity contribution >= 4 is 5.97 Å². The molecule has 124 valence electrons. The summed E-state index contributed by atoms with van der Waals surface area (Å²) < 4.78 is 75.6. The summed E-state index contributed by atoms with van der Waals surface area (Å²) in [6, 6.07) is 0. The van der Waals surface area contributed by atoms with Gasteiger partial charge in [0, 0.05) is 11.8 Å². The predicted molar refractivity (Wildman–Crippen MR) is 62.8 cm³/mol. The van der Waals surface area contributed by atoms with Crippen molar-refractivity contribution in [3.05, 3.63) is 17.5 Å². The van der Waals surface area contributed by atoms with Crippen molar-refractivity contribution < 1.29 is 41.0 Å². The monoisotopic (exact) mass is 329 g/mol. The second-order valence-corrected chi connectivity index (χ2v) is 3.86. The van der Waals surface area contributed by atoms with Crippen molar-refractivity contribution in [3.8, 4) is 11.5 Å². The number of esters is 1. The number of aromatic nitrogens is 1. The normalized spacial score (nSPS) is 11.5. The van der Waals surface area contributed by atoms with Gasteiger partial charge in [-0.3, -0.25) is 9.78 Å². The number of pyridine rings is 1. The summed E-state index contributed by atoms with van der Waals surface area (Å²) in [5.41, 5.74) is -1.40. The number of halogens is 5. The largest absolute Gasteiger partial charge is 0.573 e. The first-order valence-electron chi connectivity index (χ1n) is 5.94. The van der Waals surface area contributed by atoms with Crippen LogP contribution in [0, 0.1) is 0 Å². The number of methoxy groups -OCH3 is 1. The van der Waals surface area contributed by atoms with E-state index in [0.717, 1.165) is 13.3 Å². The van der Waals surface area contributed by atoms with Gasteiger partial charge < -0.3 is 14.2 Å². The third kappa shape index (κ3) is 4.71. The quantitative estimate of drug-likeness (QED) is 0.593. The van der Waals surface area contributed by atoms with Gasteiger partial charge in [-0.2, -0.15) is 0 Å². The first-order chi connectivity index (χ1) is 10.2. The molecular formula is C12H12F5NO4. The molecule has 1 rings (SSSR count). The molecule has 0 unspecified atom stereocenters. The lowest BCUT2D eigenvalue weighted by molar-refractivity contribution is -0.275. The maximum atomic E-state index is 12.8. The fraction of sp³-hybridized carbons (Fsp3) is 0.500. The fourth-order valence-electron chi connectivity index (χ4n) is 1.61. The summed E-state index contributed by atoms with van der Waals surface area (Å²) in [5.74, 6) is -2.69. The lowest BCUT2D eigenvalue weighted by atomic mass is 10.1. The molecule has 22 heavy (non-hydrogen) atoms. The molecule has 0 atom stereocenters. The number of ether oxygens (including phenoxy) is 3. The van der Waals surface area contributed by atoms with Gasteiger partial charge in [0.05, 0.1) is 20.1 Å². The van der Waals surface area contributed by atoms with Crippen LogP contribution >= 0.6 is 0 Å². The van der Waals surface area contributed by atoms with E-state index in [-0.39, 0.29) is 12.2 Å². The number of alkyl halides is 5. The third-order valence-electron chi connectivity index (χ3n) is 2.36. The molecule has 5 nitrogen and oxygen atoms in total. The molecule has 0 bridgehead atoms. The van der Waals surface area contributed by atoms with Gasteiger partial charge in [-0.1, -0.05) is 0 Å². The zero-order valence-electron chi connectivity index (χ0n) is 11.5. The zero-order valence-corrected chi connectivity index (χ0v) is 11.5. The minimum absolute atomic E-state index is 0.0512. The Bertz CT molecular complexity index is 533. The van der Waals surface area contributed by atoms with E-state index in [1.54, 1.807) is 0 Å². The van der Waals surface area contributed by atoms with Crippen LogP contribution in [0.4, 0.5) is 22.0 Å². The van der Waals surface area contributed by atoms with E-state index < -0.39 is 42.4 Å². The Morgan fingerprint density at radius 1 is 1.32 bits per heavy atom. The van der Waals surface area contributed by atoms with Crippen molar-refractivity contribution in [3.63, 3.8) is 0 Å². The summed E-state index contributed by atoms with van der Waals surface area (Å²) in [6.07, 6.45) is -8.22. The third-order valence-corrected chi connectivity index (χ3v) is 2.36. The Balaban J connectivity index is 3.31. The molecule has 0 aliphatic heterocycles. The van der Waals surface area contributed by atoms with Crippen molar-refractivity contribution in [2.24, 2.45) is 0 Å². The summed E-state index contributed by atoms with van der Waals surface area (Å²) in [6.45, 7) is 1.58. The summed E-state index contributed by atoms with van der Waals surface area (Å²) in [4.78, 5) is 14.6. The van der Waals surface area contributed by atoms with Crippen LogP contribution in [-0.4, -0.2) is 31.0 Å². The van der Waals surface area contributed by atoms with Crippen molar-refractivity contribution in [2.45, 2.75) is 26.1 Å². The summed E-state index contributed by atoms with van der Waals surface area (Å²) in [7, 11) is 0.961. The molecule has 0 amide bonds. The molecule has 0 radical (unpaired) electrons. The van der Waals surface area contributed by atoms with E-state index in [9.17, 15) is 26.7 Å². The van der Waals surface area contributed by atoms with E-state index in [2.05, 4.69) is 19.2 Å². The standard InChI is InChI=1S/C12H12F5NO4/c1-3-21-7(19)4-6-5-18-8(11(13)14)10(9(6)20-2)22-12(15,16)17/h5,11H,3-4H2,1-2H3. The molecule has 0 saturated carbocycles. The molecule has 0 fully saturated rings. The van der Waals surface area contributed by atoms with Gasteiger partial charge in [-0.25, -0.2) is 8.78 Å². The molecule has 0 aliphatic rings. The van der Waals surface area contributed by atoms with Crippen LogP contribution < -0.4 is 9.47 Å². The zero-order chi connectivity index (χ0) is 16.9. The number of hydrogen-bond acceptors (Lipinski definition) is 5. The van der Waals surface area contributed by atoms with E-state index in [1.165, 1.54) is 6.92 Å². The van der Waals surface area contributed by atoms with Gasteiger partial charge in [-0.15, -0.1) is 13.2 Å². The van der Waals surface area contributed by atoms with Crippen molar-refractivity contribution in [1.82, 2.24) is 4.98 Å². The highest BCUT2D eigenvalue weighted by atomic mass is 19.4. The maximum absolute atomic E-state index is 12.8. The second-order valence-electron chi connectivity index (χ2n) is 3.86. The first-order valence-corrected chi connectivity index (χ1v) is 5.94. The van der Waals surface area contributed by atoms with Gasteiger partial charge in [0.1, 0.15) is 0 Å². The van der Waals surface area contributed by atoms with Gasteiger partial charge in [-0.05, 0) is 6.92 Å². The van der Waals surface area contributed by atoms with Crippen LogP contribution in [-0.2, 0) is 16.0 Å². The van der Waals surface area contributed by atoms with Crippen molar-refractivity contribution in [2.75, 3.05) is 13.7 Å². The average molecular weight is 329 g/mol. The van der Waals surface area contributed by atoms with Gasteiger partial charge in [0.2, 0.25) is 0 Å². The number of carbonyl (C=O) groups is 1. The first kappa shape index (κ1) is 17.9. The minimum Gasteiger partial charge on any atom is -0.492 e. The molecule has 0 spiro atoms. The molecular weight excluding hydrogens is 317 g/mol. The highest BCUT2D eigenvalue weighted by Gasteiger charge is 2.36. The van der Waals surface area contributed by atoms with Gasteiger partial charge in [0.25, 0.3) is 6.43 Å². The number of nitrogens with zero attached hydrogens (tertiary/aromatic N) is 1. The Labute approximate surface area is 122 Å². The van der Waals surface area contributed by atoms with E-state index in [1.807, 2.05) is 0 Å². The predicted octanol–water partition coefficient (Wildman–Crippen LogP) is 3.03. The van der Waals surface area contributed by atoms with E-state index in [0.29, 0.717) is 0 Å². The van der Waals surface area contributed by atoms with Gasteiger partial charge >= 0.3 is 12.3 Å². The number of carbonyl (C=O) groups excluding carboxylic acids is 1.